The number of likely N-dealkylation sites (tertiary alicyclic amines) is 1. The fraction of sp³-hybridized carbons (Fsp3) is 0.348. The summed E-state index contributed by atoms with van der Waals surface area (Å²) in [7, 11) is 0. The Kier molecular flexibility index (Phi) is 5.09. The maximum absolute atomic E-state index is 12.8. The molecule has 28 heavy (non-hydrogen) atoms. The van der Waals surface area contributed by atoms with E-state index in [1.54, 1.807) is 4.68 Å². The molecule has 0 amide bonds. The van der Waals surface area contributed by atoms with E-state index >= 15 is 0 Å². The molecule has 1 aromatic heterocycles. The van der Waals surface area contributed by atoms with Crippen LogP contribution in [0.1, 0.15) is 34.5 Å². The summed E-state index contributed by atoms with van der Waals surface area (Å²) in [6.07, 6.45) is 1.63. The van der Waals surface area contributed by atoms with Crippen LogP contribution in [-0.2, 0) is 6.67 Å². The van der Waals surface area contributed by atoms with Crippen LogP contribution in [0.3, 0.4) is 0 Å². The van der Waals surface area contributed by atoms with Crippen molar-refractivity contribution in [1.82, 2.24) is 14.7 Å². The van der Waals surface area contributed by atoms with Gasteiger partial charge in [-0.3, -0.25) is 14.5 Å². The summed E-state index contributed by atoms with van der Waals surface area (Å²) in [5, 5.41) is 6.12. The monoisotopic (exact) mass is 375 g/mol. The van der Waals surface area contributed by atoms with Crippen molar-refractivity contribution < 1.29 is 4.79 Å². The molecule has 4 rings (SSSR count). The average Bonchev–Trinajstić information content (AvgIpc) is 2.72. The molecule has 0 unspecified atom stereocenters. The zero-order valence-electron chi connectivity index (χ0n) is 16.4. The Labute approximate surface area is 164 Å². The van der Waals surface area contributed by atoms with Gasteiger partial charge in [-0.05, 0) is 32.8 Å². The van der Waals surface area contributed by atoms with Gasteiger partial charge in [-0.25, -0.2) is 4.68 Å². The minimum absolute atomic E-state index is 0.0564. The summed E-state index contributed by atoms with van der Waals surface area (Å²) in [4.78, 5) is 27.7. The Morgan fingerprint density at radius 1 is 1.00 bits per heavy atom. The van der Waals surface area contributed by atoms with Crippen LogP contribution in [0.4, 0.5) is 0 Å². The normalized spacial score (nSPS) is 15.8. The first kappa shape index (κ1) is 18.6. The van der Waals surface area contributed by atoms with Gasteiger partial charge in [0, 0.05) is 30.0 Å². The van der Waals surface area contributed by atoms with Crippen LogP contribution in [0.15, 0.2) is 53.3 Å². The summed E-state index contributed by atoms with van der Waals surface area (Å²) in [5.74, 6) is 0.290. The number of nitrogens with zero attached hydrogens (tertiary/aromatic N) is 3. The Morgan fingerprint density at radius 3 is 2.32 bits per heavy atom. The molecule has 1 saturated heterocycles. The zero-order chi connectivity index (χ0) is 19.7. The lowest BCUT2D eigenvalue weighted by Crippen LogP contribution is -2.40. The van der Waals surface area contributed by atoms with Gasteiger partial charge in [0.2, 0.25) is 0 Å². The molecule has 0 atom stereocenters. The van der Waals surface area contributed by atoms with Crippen LogP contribution >= 0.6 is 0 Å². The van der Waals surface area contributed by atoms with Gasteiger partial charge >= 0.3 is 0 Å². The standard InChI is InChI=1S/C23H25N3O2/c1-16-7-9-18(10-8-16)22(27)19-11-13-25(14-12-19)15-26-23(28)21-6-4-3-5-20(21)17(2)24-26/h3-10,19H,11-15H2,1-2H3. The van der Waals surface area contributed by atoms with Crippen LogP contribution in [0.25, 0.3) is 10.8 Å². The number of hydrogen-bond acceptors (Lipinski definition) is 4. The molecule has 1 aliphatic rings. The molecule has 5 heteroatoms. The van der Waals surface area contributed by atoms with Crippen molar-refractivity contribution in [2.75, 3.05) is 13.1 Å². The first-order valence-electron chi connectivity index (χ1n) is 9.82. The van der Waals surface area contributed by atoms with Gasteiger partial charge in [0.05, 0.1) is 17.7 Å². The van der Waals surface area contributed by atoms with Crippen molar-refractivity contribution in [3.63, 3.8) is 0 Å². The molecule has 0 spiro atoms. The minimum Gasteiger partial charge on any atom is -0.294 e. The SMILES string of the molecule is Cc1ccc(C(=O)C2CCN(Cn3nc(C)c4ccccc4c3=O)CC2)cc1. The van der Waals surface area contributed by atoms with E-state index in [1.165, 1.54) is 0 Å². The highest BCUT2D eigenvalue weighted by Gasteiger charge is 2.26. The summed E-state index contributed by atoms with van der Waals surface area (Å²) < 4.78 is 1.56. The summed E-state index contributed by atoms with van der Waals surface area (Å²) in [6, 6.07) is 15.4. The lowest BCUT2D eigenvalue weighted by molar-refractivity contribution is 0.0801. The highest BCUT2D eigenvalue weighted by atomic mass is 16.1. The van der Waals surface area contributed by atoms with Crippen molar-refractivity contribution in [3.8, 4) is 0 Å². The Morgan fingerprint density at radius 2 is 1.64 bits per heavy atom. The lowest BCUT2D eigenvalue weighted by Gasteiger charge is -2.31. The fourth-order valence-corrected chi connectivity index (χ4v) is 3.98. The van der Waals surface area contributed by atoms with Crippen LogP contribution < -0.4 is 5.56 Å². The summed E-state index contributed by atoms with van der Waals surface area (Å²) in [5.41, 5.74) is 2.76. The summed E-state index contributed by atoms with van der Waals surface area (Å²) in [6.45, 7) is 6.02. The second-order valence-corrected chi connectivity index (χ2v) is 7.70. The van der Waals surface area contributed by atoms with Gasteiger partial charge in [-0.1, -0.05) is 48.0 Å². The molecule has 0 saturated carbocycles. The van der Waals surface area contributed by atoms with Crippen LogP contribution in [0, 0.1) is 19.8 Å². The first-order chi connectivity index (χ1) is 13.5. The lowest BCUT2D eigenvalue weighted by atomic mass is 9.89. The third-order valence-corrected chi connectivity index (χ3v) is 5.68. The van der Waals surface area contributed by atoms with Gasteiger partial charge < -0.3 is 0 Å². The smallest absolute Gasteiger partial charge is 0.275 e. The molecule has 0 radical (unpaired) electrons. The Hall–Kier alpha value is -2.79. The molecule has 2 heterocycles. The number of benzene rings is 2. The number of hydrogen-bond donors (Lipinski definition) is 0. The molecule has 3 aromatic rings. The molecular weight excluding hydrogens is 350 g/mol. The first-order valence-corrected chi connectivity index (χ1v) is 9.82. The number of piperidine rings is 1. The Balaban J connectivity index is 1.44. The van der Waals surface area contributed by atoms with Crippen LogP contribution in [0.2, 0.25) is 0 Å². The second-order valence-electron chi connectivity index (χ2n) is 7.70. The van der Waals surface area contributed by atoms with Gasteiger partial charge in [0.1, 0.15) is 0 Å². The van der Waals surface area contributed by atoms with E-state index in [4.69, 9.17) is 0 Å². The average molecular weight is 375 g/mol. The third-order valence-electron chi connectivity index (χ3n) is 5.68. The minimum atomic E-state index is -0.0564. The van der Waals surface area contributed by atoms with Crippen molar-refractivity contribution >= 4 is 16.6 Å². The van der Waals surface area contributed by atoms with E-state index in [-0.39, 0.29) is 17.3 Å². The maximum Gasteiger partial charge on any atom is 0.275 e. The quantitative estimate of drug-likeness (QED) is 0.654. The number of aromatic nitrogens is 2. The highest BCUT2D eigenvalue weighted by molar-refractivity contribution is 5.97. The molecule has 0 bridgehead atoms. The van der Waals surface area contributed by atoms with Crippen molar-refractivity contribution in [2.24, 2.45) is 5.92 Å². The predicted molar refractivity (Wildman–Crippen MR) is 111 cm³/mol. The number of rotatable bonds is 4. The van der Waals surface area contributed by atoms with Gasteiger partial charge in [-0.2, -0.15) is 5.10 Å². The van der Waals surface area contributed by atoms with Gasteiger partial charge in [0.25, 0.3) is 5.56 Å². The van der Waals surface area contributed by atoms with E-state index in [0.717, 1.165) is 48.1 Å². The zero-order valence-corrected chi connectivity index (χ0v) is 16.4. The largest absolute Gasteiger partial charge is 0.294 e. The van der Waals surface area contributed by atoms with E-state index in [9.17, 15) is 9.59 Å². The molecule has 1 aliphatic heterocycles. The topological polar surface area (TPSA) is 55.2 Å². The van der Waals surface area contributed by atoms with Crippen LogP contribution in [0.5, 0.6) is 0 Å². The van der Waals surface area contributed by atoms with Crippen molar-refractivity contribution in [3.05, 3.63) is 75.7 Å². The molecule has 144 valence electrons. The number of fused-ring (bicyclic) bond motifs is 1. The number of aryl methyl sites for hydroxylation is 2. The van der Waals surface area contributed by atoms with Crippen molar-refractivity contribution in [2.45, 2.75) is 33.4 Å². The predicted octanol–water partition coefficient (Wildman–Crippen LogP) is 3.57. The molecule has 2 aromatic carbocycles. The number of ketones is 1. The van der Waals surface area contributed by atoms with E-state index in [2.05, 4.69) is 10.00 Å². The summed E-state index contributed by atoms with van der Waals surface area (Å²) >= 11 is 0. The maximum atomic E-state index is 12.8. The third kappa shape index (κ3) is 3.62. The Bertz CT molecular complexity index is 1060. The second kappa shape index (κ2) is 7.68. The van der Waals surface area contributed by atoms with E-state index < -0.39 is 0 Å². The highest BCUT2D eigenvalue weighted by Crippen LogP contribution is 2.22. The fourth-order valence-electron chi connectivity index (χ4n) is 3.98. The van der Waals surface area contributed by atoms with E-state index in [0.29, 0.717) is 12.1 Å². The molecule has 0 aliphatic carbocycles. The molecular formula is C23H25N3O2. The molecule has 5 nitrogen and oxygen atoms in total. The number of carbonyl (C=O) groups is 1. The molecule has 1 fully saturated rings. The van der Waals surface area contributed by atoms with Crippen LogP contribution in [-0.4, -0.2) is 33.6 Å². The van der Waals surface area contributed by atoms with Gasteiger partial charge in [-0.15, -0.1) is 0 Å². The van der Waals surface area contributed by atoms with Gasteiger partial charge in [0.15, 0.2) is 5.78 Å². The number of Topliss-reactive ketones (excluding diaryl/α,β-unsaturated/α-hetero) is 1. The van der Waals surface area contributed by atoms with E-state index in [1.807, 2.05) is 62.4 Å². The molecule has 0 N–H and O–H groups in total. The van der Waals surface area contributed by atoms with Crippen molar-refractivity contribution in [1.29, 1.82) is 0 Å². The number of carbonyl (C=O) groups excluding carboxylic acids is 1.